The molecule has 0 unspecified atom stereocenters. The number of nitrogens with zero attached hydrogens (tertiary/aromatic N) is 3. The van der Waals surface area contributed by atoms with Crippen molar-refractivity contribution < 1.29 is 18.3 Å². The van der Waals surface area contributed by atoms with E-state index in [1.165, 1.54) is 18.2 Å². The topological polar surface area (TPSA) is 56.5 Å². The minimum Gasteiger partial charge on any atom is -0.434 e. The first-order valence-electron chi connectivity index (χ1n) is 6.79. The first kappa shape index (κ1) is 16.3. The zero-order valence-electron chi connectivity index (χ0n) is 12.1. The fraction of sp³-hybridized carbons (Fsp3) is 0.0625. The highest BCUT2D eigenvalue weighted by Gasteiger charge is 2.11. The molecule has 0 saturated carbocycles. The van der Waals surface area contributed by atoms with Crippen LogP contribution in [0.1, 0.15) is 16.1 Å². The SMILES string of the molecule is O=C(C=Cc1cc(Br)ccc1OC(F)F)c1cn2cccnc2n1. The molecule has 0 aliphatic rings. The van der Waals surface area contributed by atoms with E-state index in [0.717, 1.165) is 0 Å². The van der Waals surface area contributed by atoms with Crippen molar-refractivity contribution in [1.29, 1.82) is 0 Å². The van der Waals surface area contributed by atoms with Crippen LogP contribution in [0.2, 0.25) is 0 Å². The molecule has 2 aromatic heterocycles. The van der Waals surface area contributed by atoms with Crippen LogP contribution in [-0.2, 0) is 0 Å². The van der Waals surface area contributed by atoms with E-state index in [0.29, 0.717) is 15.8 Å². The molecule has 0 radical (unpaired) electrons. The molecule has 5 nitrogen and oxygen atoms in total. The minimum absolute atomic E-state index is 0.0195. The van der Waals surface area contributed by atoms with E-state index in [1.54, 1.807) is 41.2 Å². The summed E-state index contributed by atoms with van der Waals surface area (Å²) in [7, 11) is 0. The van der Waals surface area contributed by atoms with Crippen molar-refractivity contribution in [3.8, 4) is 5.75 Å². The Morgan fingerprint density at radius 3 is 2.96 bits per heavy atom. The van der Waals surface area contributed by atoms with Gasteiger partial charge >= 0.3 is 6.61 Å². The first-order valence-corrected chi connectivity index (χ1v) is 7.59. The van der Waals surface area contributed by atoms with Gasteiger partial charge in [0.15, 0.2) is 0 Å². The summed E-state index contributed by atoms with van der Waals surface area (Å²) in [5.41, 5.74) is 0.552. The number of rotatable bonds is 5. The smallest absolute Gasteiger partial charge is 0.387 e. The molecule has 3 rings (SSSR count). The van der Waals surface area contributed by atoms with Crippen LogP contribution in [-0.4, -0.2) is 26.8 Å². The van der Waals surface area contributed by atoms with Gasteiger partial charge in [-0.25, -0.2) is 9.97 Å². The summed E-state index contributed by atoms with van der Waals surface area (Å²) in [6, 6.07) is 6.26. The van der Waals surface area contributed by atoms with Gasteiger partial charge in [0, 0.05) is 28.6 Å². The van der Waals surface area contributed by atoms with Crippen LogP contribution in [0.4, 0.5) is 8.78 Å². The monoisotopic (exact) mass is 393 g/mol. The van der Waals surface area contributed by atoms with Crippen LogP contribution >= 0.6 is 15.9 Å². The van der Waals surface area contributed by atoms with Gasteiger partial charge < -0.3 is 4.74 Å². The third kappa shape index (κ3) is 3.65. The molecular formula is C16H10BrF2N3O2. The van der Waals surface area contributed by atoms with Crippen molar-refractivity contribution in [2.24, 2.45) is 0 Å². The molecule has 2 heterocycles. The molecule has 0 saturated heterocycles. The molecule has 0 aliphatic carbocycles. The number of halogens is 3. The number of ether oxygens (including phenoxy) is 1. The number of fused-ring (bicyclic) bond motifs is 1. The highest BCUT2D eigenvalue weighted by atomic mass is 79.9. The second-order valence-electron chi connectivity index (χ2n) is 4.71. The van der Waals surface area contributed by atoms with Crippen LogP contribution in [0.15, 0.2) is 53.4 Å². The van der Waals surface area contributed by atoms with Crippen molar-refractivity contribution in [3.63, 3.8) is 0 Å². The molecule has 0 atom stereocenters. The maximum Gasteiger partial charge on any atom is 0.387 e. The predicted molar refractivity (Wildman–Crippen MR) is 87.1 cm³/mol. The number of ketones is 1. The number of allylic oxidation sites excluding steroid dienone is 1. The zero-order valence-corrected chi connectivity index (χ0v) is 13.7. The minimum atomic E-state index is -2.95. The summed E-state index contributed by atoms with van der Waals surface area (Å²) in [5.74, 6) is 0.0100. The first-order chi connectivity index (χ1) is 11.5. The lowest BCUT2D eigenvalue weighted by Gasteiger charge is -2.08. The third-order valence-electron chi connectivity index (χ3n) is 3.09. The largest absolute Gasteiger partial charge is 0.434 e. The van der Waals surface area contributed by atoms with E-state index < -0.39 is 6.61 Å². The molecule has 0 fully saturated rings. The van der Waals surface area contributed by atoms with Crippen LogP contribution in [0.5, 0.6) is 5.75 Å². The molecule has 0 N–H and O–H groups in total. The molecule has 0 spiro atoms. The van der Waals surface area contributed by atoms with Crippen molar-refractivity contribution in [2.75, 3.05) is 0 Å². The average molecular weight is 394 g/mol. The van der Waals surface area contributed by atoms with Crippen LogP contribution in [0.3, 0.4) is 0 Å². The Bertz CT molecular complexity index is 892. The Kier molecular flexibility index (Phi) is 4.66. The van der Waals surface area contributed by atoms with Gasteiger partial charge in [0.05, 0.1) is 0 Å². The number of imidazole rings is 1. The Hall–Kier alpha value is -2.61. The summed E-state index contributed by atoms with van der Waals surface area (Å²) >= 11 is 3.25. The summed E-state index contributed by atoms with van der Waals surface area (Å²) in [6.45, 7) is -2.95. The Morgan fingerprint density at radius 1 is 1.38 bits per heavy atom. The summed E-state index contributed by atoms with van der Waals surface area (Å²) in [5, 5.41) is 0. The van der Waals surface area contributed by atoms with Crippen molar-refractivity contribution in [3.05, 3.63) is 64.7 Å². The molecule has 1 aromatic carbocycles. The molecule has 0 bridgehead atoms. The number of hydrogen-bond acceptors (Lipinski definition) is 4. The van der Waals surface area contributed by atoms with Gasteiger partial charge in [-0.2, -0.15) is 8.78 Å². The lowest BCUT2D eigenvalue weighted by atomic mass is 10.1. The van der Waals surface area contributed by atoms with E-state index in [4.69, 9.17) is 0 Å². The number of alkyl halides is 2. The predicted octanol–water partition coefficient (Wildman–Crippen LogP) is 3.99. The highest BCUT2D eigenvalue weighted by molar-refractivity contribution is 9.10. The Labute approximate surface area is 143 Å². The maximum atomic E-state index is 12.4. The molecule has 122 valence electrons. The number of aromatic nitrogens is 3. The van der Waals surface area contributed by atoms with E-state index in [1.807, 2.05) is 0 Å². The summed E-state index contributed by atoms with van der Waals surface area (Å²) in [6.07, 6.45) is 7.50. The lowest BCUT2D eigenvalue weighted by Crippen LogP contribution is -2.03. The van der Waals surface area contributed by atoms with Crippen molar-refractivity contribution >= 4 is 33.6 Å². The second kappa shape index (κ2) is 6.88. The fourth-order valence-corrected chi connectivity index (χ4v) is 2.43. The van der Waals surface area contributed by atoms with Gasteiger partial charge in [0.1, 0.15) is 11.4 Å². The van der Waals surface area contributed by atoms with Crippen molar-refractivity contribution in [2.45, 2.75) is 6.61 Å². The quantitative estimate of drug-likeness (QED) is 0.485. The Balaban J connectivity index is 1.87. The van der Waals surface area contributed by atoms with Gasteiger partial charge in [0.25, 0.3) is 0 Å². The average Bonchev–Trinajstić information content (AvgIpc) is 2.98. The molecule has 24 heavy (non-hydrogen) atoms. The molecule has 3 aromatic rings. The van der Waals surface area contributed by atoms with Crippen LogP contribution < -0.4 is 4.74 Å². The van der Waals surface area contributed by atoms with E-state index >= 15 is 0 Å². The van der Waals surface area contributed by atoms with Gasteiger partial charge in [-0.3, -0.25) is 9.20 Å². The lowest BCUT2D eigenvalue weighted by molar-refractivity contribution is -0.0499. The highest BCUT2D eigenvalue weighted by Crippen LogP contribution is 2.26. The normalized spacial score (nSPS) is 11.5. The number of carbonyl (C=O) groups excluding carboxylic acids is 1. The number of benzene rings is 1. The third-order valence-corrected chi connectivity index (χ3v) is 3.58. The maximum absolute atomic E-state index is 12.4. The molecular weight excluding hydrogens is 384 g/mol. The summed E-state index contributed by atoms with van der Waals surface area (Å²) in [4.78, 5) is 20.3. The molecule has 0 aliphatic heterocycles. The van der Waals surface area contributed by atoms with Gasteiger partial charge in [-0.05, 0) is 36.4 Å². The van der Waals surface area contributed by atoms with E-state index in [2.05, 4.69) is 30.6 Å². The molecule has 0 amide bonds. The zero-order chi connectivity index (χ0) is 17.1. The summed E-state index contributed by atoms with van der Waals surface area (Å²) < 4.78 is 31.6. The molecule has 8 heteroatoms. The van der Waals surface area contributed by atoms with Crippen LogP contribution in [0.25, 0.3) is 11.9 Å². The fourth-order valence-electron chi connectivity index (χ4n) is 2.05. The van der Waals surface area contributed by atoms with Gasteiger partial charge in [-0.1, -0.05) is 15.9 Å². The number of hydrogen-bond donors (Lipinski definition) is 0. The van der Waals surface area contributed by atoms with Gasteiger partial charge in [-0.15, -0.1) is 0 Å². The Morgan fingerprint density at radius 2 is 2.21 bits per heavy atom. The number of carbonyl (C=O) groups is 1. The van der Waals surface area contributed by atoms with Gasteiger partial charge in [0.2, 0.25) is 11.6 Å². The second-order valence-corrected chi connectivity index (χ2v) is 5.63. The van der Waals surface area contributed by atoms with Crippen molar-refractivity contribution in [1.82, 2.24) is 14.4 Å². The van der Waals surface area contributed by atoms with E-state index in [9.17, 15) is 13.6 Å². The van der Waals surface area contributed by atoms with Crippen LogP contribution in [0, 0.1) is 0 Å². The standard InChI is InChI=1S/C16H10BrF2N3O2/c17-11-3-5-14(24-15(18)19)10(8-11)2-4-13(23)12-9-22-7-1-6-20-16(22)21-12/h1-9,15H. The van der Waals surface area contributed by atoms with E-state index in [-0.39, 0.29) is 17.2 Å².